The van der Waals surface area contributed by atoms with Gasteiger partial charge in [-0.1, -0.05) is 44.3 Å². The third-order valence-corrected chi connectivity index (χ3v) is 8.20. The number of nitriles is 1. The molecular formula is C18H24FNO2Si. The highest BCUT2D eigenvalue weighted by molar-refractivity contribution is 6.59. The van der Waals surface area contributed by atoms with Crippen molar-refractivity contribution in [2.75, 3.05) is 0 Å². The molecule has 124 valence electrons. The Morgan fingerprint density at radius 3 is 2.74 bits per heavy atom. The van der Waals surface area contributed by atoms with Crippen LogP contribution in [0.4, 0.5) is 4.39 Å². The first-order chi connectivity index (χ1) is 11.1. The molecule has 2 rings (SSSR count). The van der Waals surface area contributed by atoms with Crippen molar-refractivity contribution in [3.8, 4) is 11.8 Å². The molecule has 0 N–H and O–H groups in total. The Morgan fingerprint density at radius 1 is 1.39 bits per heavy atom. The molecule has 1 saturated heterocycles. The van der Waals surface area contributed by atoms with E-state index in [1.54, 1.807) is 6.07 Å². The molecule has 0 atom stereocenters. The number of esters is 1. The topological polar surface area (TPSA) is 50.1 Å². The lowest BCUT2D eigenvalue weighted by Gasteiger charge is -2.26. The van der Waals surface area contributed by atoms with Crippen molar-refractivity contribution in [1.82, 2.24) is 0 Å². The van der Waals surface area contributed by atoms with E-state index in [0.717, 1.165) is 18.9 Å². The minimum Gasteiger partial charge on any atom is -0.426 e. The van der Waals surface area contributed by atoms with E-state index in [-0.39, 0.29) is 23.2 Å². The van der Waals surface area contributed by atoms with Crippen molar-refractivity contribution >= 4 is 14.8 Å². The van der Waals surface area contributed by atoms with Gasteiger partial charge in [-0.05, 0) is 25.0 Å². The highest BCUT2D eigenvalue weighted by atomic mass is 28.3. The van der Waals surface area contributed by atoms with Crippen molar-refractivity contribution in [3.05, 3.63) is 29.6 Å². The normalized spacial score (nSPS) is 20.7. The predicted octanol–water partition coefficient (Wildman–Crippen LogP) is 4.43. The molecule has 0 bridgehead atoms. The molecule has 1 aliphatic rings. The molecule has 5 heteroatoms. The maximum absolute atomic E-state index is 13.5. The predicted molar refractivity (Wildman–Crippen MR) is 90.6 cm³/mol. The van der Waals surface area contributed by atoms with Crippen LogP contribution in [0.3, 0.4) is 0 Å². The molecule has 0 aromatic heterocycles. The highest BCUT2D eigenvalue weighted by Crippen LogP contribution is 2.29. The van der Waals surface area contributed by atoms with Gasteiger partial charge in [-0.25, -0.2) is 4.39 Å². The lowest BCUT2D eigenvalue weighted by Crippen LogP contribution is -2.28. The first-order valence-electron chi connectivity index (χ1n) is 8.55. The van der Waals surface area contributed by atoms with Crippen LogP contribution in [0.25, 0.3) is 0 Å². The third kappa shape index (κ3) is 5.17. The average Bonchev–Trinajstić information content (AvgIpc) is 2.56. The molecule has 1 aromatic rings. The number of hydrogen-bond acceptors (Lipinski definition) is 3. The molecule has 0 unspecified atom stereocenters. The molecule has 0 spiro atoms. The summed E-state index contributed by atoms with van der Waals surface area (Å²) < 4.78 is 18.8. The van der Waals surface area contributed by atoms with Gasteiger partial charge in [-0.15, -0.1) is 0 Å². The largest absolute Gasteiger partial charge is 0.426 e. The standard InChI is InChI=1S/C18H24FNO2Si/c1-2-3-4-9-23-10-7-14(8-11-23)18(21)22-16-6-5-15(13-20)17(19)12-16/h5-6,12,14,23H,2-4,7-11H2,1H3/t14-,23-. The molecule has 1 fully saturated rings. The lowest BCUT2D eigenvalue weighted by molar-refractivity contribution is -0.139. The minimum atomic E-state index is -0.648. The Hall–Kier alpha value is -1.67. The summed E-state index contributed by atoms with van der Waals surface area (Å²) in [4.78, 5) is 12.2. The summed E-state index contributed by atoms with van der Waals surface area (Å²) in [6.45, 7) is 2.22. The maximum atomic E-state index is 13.5. The molecule has 1 aromatic carbocycles. The fraction of sp³-hybridized carbons (Fsp3) is 0.556. The monoisotopic (exact) mass is 333 g/mol. The average molecular weight is 333 g/mol. The van der Waals surface area contributed by atoms with Gasteiger partial charge in [0.1, 0.15) is 17.6 Å². The van der Waals surface area contributed by atoms with Crippen LogP contribution in [-0.4, -0.2) is 14.8 Å². The quantitative estimate of drug-likeness (QED) is 0.335. The van der Waals surface area contributed by atoms with E-state index in [4.69, 9.17) is 10.00 Å². The van der Waals surface area contributed by atoms with Crippen molar-refractivity contribution in [1.29, 1.82) is 5.26 Å². The van der Waals surface area contributed by atoms with Gasteiger partial charge in [0.15, 0.2) is 0 Å². The van der Waals surface area contributed by atoms with Crippen molar-refractivity contribution in [2.24, 2.45) is 5.92 Å². The number of halogens is 1. The SMILES string of the molecule is CCCCC[Si@H]1CC[C@H](C(=O)Oc2ccc(C#N)c(F)c2)CC1. The number of carbonyl (C=O) groups is 1. The zero-order chi connectivity index (χ0) is 16.7. The smallest absolute Gasteiger partial charge is 0.314 e. The summed E-state index contributed by atoms with van der Waals surface area (Å²) in [5, 5.41) is 8.70. The molecule has 3 nitrogen and oxygen atoms in total. The molecule has 1 aliphatic heterocycles. The first-order valence-corrected chi connectivity index (χ1v) is 11.0. The van der Waals surface area contributed by atoms with Crippen LogP contribution in [0, 0.1) is 23.1 Å². The van der Waals surface area contributed by atoms with Crippen molar-refractivity contribution < 1.29 is 13.9 Å². The van der Waals surface area contributed by atoms with Crippen LogP contribution in [0.2, 0.25) is 18.1 Å². The molecule has 0 aliphatic carbocycles. The summed E-state index contributed by atoms with van der Waals surface area (Å²) in [6.07, 6.45) is 5.75. The second-order valence-corrected chi connectivity index (χ2v) is 9.85. The summed E-state index contributed by atoms with van der Waals surface area (Å²) in [6, 6.07) is 9.51. The van der Waals surface area contributed by atoms with E-state index in [1.807, 2.05) is 0 Å². The molecule has 0 saturated carbocycles. The second-order valence-electron chi connectivity index (χ2n) is 6.39. The summed E-state index contributed by atoms with van der Waals surface area (Å²) in [5.41, 5.74) is -0.0385. The van der Waals surface area contributed by atoms with Crippen LogP contribution in [-0.2, 0) is 4.79 Å². The zero-order valence-electron chi connectivity index (χ0n) is 13.7. The fourth-order valence-electron chi connectivity index (χ4n) is 3.22. The van der Waals surface area contributed by atoms with Gasteiger partial charge in [0.05, 0.1) is 11.5 Å². The van der Waals surface area contributed by atoms with Gasteiger partial charge >= 0.3 is 5.97 Å². The van der Waals surface area contributed by atoms with Gasteiger partial charge in [-0.3, -0.25) is 4.79 Å². The van der Waals surface area contributed by atoms with E-state index in [9.17, 15) is 9.18 Å². The van der Waals surface area contributed by atoms with E-state index in [0.29, 0.717) is 0 Å². The lowest BCUT2D eigenvalue weighted by atomic mass is 10.0. The Morgan fingerprint density at radius 2 is 2.13 bits per heavy atom. The summed E-state index contributed by atoms with van der Waals surface area (Å²) in [5.74, 6) is -0.766. The number of carbonyl (C=O) groups excluding carboxylic acids is 1. The Balaban J connectivity index is 1.81. The van der Waals surface area contributed by atoms with Gasteiger partial charge in [-0.2, -0.15) is 5.26 Å². The number of unbranched alkanes of at least 4 members (excludes halogenated alkanes) is 2. The van der Waals surface area contributed by atoms with Crippen molar-refractivity contribution in [2.45, 2.75) is 57.2 Å². The van der Waals surface area contributed by atoms with Gasteiger partial charge in [0, 0.05) is 14.9 Å². The van der Waals surface area contributed by atoms with Crippen LogP contribution in [0.15, 0.2) is 18.2 Å². The summed E-state index contributed by atoms with van der Waals surface area (Å²) in [7, 11) is -0.645. The number of nitrogens with zero attached hydrogens (tertiary/aromatic N) is 1. The van der Waals surface area contributed by atoms with Gasteiger partial charge in [0.2, 0.25) is 0 Å². The van der Waals surface area contributed by atoms with E-state index in [2.05, 4.69) is 6.92 Å². The zero-order valence-corrected chi connectivity index (χ0v) is 14.8. The first kappa shape index (κ1) is 17.7. The van der Waals surface area contributed by atoms with Gasteiger partial charge < -0.3 is 4.74 Å². The van der Waals surface area contributed by atoms with Crippen LogP contribution >= 0.6 is 0 Å². The second kappa shape index (κ2) is 8.83. The van der Waals surface area contributed by atoms with Crippen LogP contribution < -0.4 is 4.74 Å². The van der Waals surface area contributed by atoms with Gasteiger partial charge in [0.25, 0.3) is 0 Å². The highest BCUT2D eigenvalue weighted by Gasteiger charge is 2.28. The Labute approximate surface area is 139 Å². The third-order valence-electron chi connectivity index (χ3n) is 4.68. The van der Waals surface area contributed by atoms with Crippen molar-refractivity contribution in [3.63, 3.8) is 0 Å². The summed E-state index contributed by atoms with van der Waals surface area (Å²) >= 11 is 0. The van der Waals surface area contributed by atoms with E-state index < -0.39 is 14.6 Å². The van der Waals surface area contributed by atoms with E-state index >= 15 is 0 Å². The number of benzene rings is 1. The Kier molecular flexibility index (Phi) is 6.78. The van der Waals surface area contributed by atoms with Crippen LogP contribution in [0.5, 0.6) is 5.75 Å². The number of rotatable bonds is 6. The fourth-order valence-corrected chi connectivity index (χ4v) is 6.70. The molecule has 23 heavy (non-hydrogen) atoms. The maximum Gasteiger partial charge on any atom is 0.314 e. The van der Waals surface area contributed by atoms with Crippen LogP contribution in [0.1, 0.15) is 44.6 Å². The Bertz CT molecular complexity index is 577. The molecular weight excluding hydrogens is 309 g/mol. The molecule has 0 amide bonds. The van der Waals surface area contributed by atoms with E-state index in [1.165, 1.54) is 49.5 Å². The number of ether oxygens (including phenoxy) is 1. The number of hydrogen-bond donors (Lipinski definition) is 0. The molecule has 0 radical (unpaired) electrons. The molecule has 1 heterocycles. The minimum absolute atomic E-state index is 0.0385.